The van der Waals surface area contributed by atoms with Crippen molar-refractivity contribution in [2.45, 2.75) is 12.8 Å². The molecule has 3 heterocycles. The molecule has 0 bridgehead atoms. The molecule has 2 aromatic heterocycles. The van der Waals surface area contributed by atoms with Crippen LogP contribution in [0.1, 0.15) is 22.5 Å². The largest absolute Gasteiger partial charge is 0.493 e. The number of aromatic nitrogens is 3. The van der Waals surface area contributed by atoms with Crippen LogP contribution in [0, 0.1) is 5.92 Å². The molecule has 0 spiro atoms. The summed E-state index contributed by atoms with van der Waals surface area (Å²) >= 11 is 7.37. The first-order chi connectivity index (χ1) is 15.6. The maximum absolute atomic E-state index is 12.1. The Morgan fingerprint density at radius 2 is 2.09 bits per heavy atom. The third kappa shape index (κ3) is 4.21. The average Bonchev–Trinajstić information content (AvgIpc) is 3.42. The second-order valence-corrected chi connectivity index (χ2v) is 9.23. The first kappa shape index (κ1) is 20.9. The highest BCUT2D eigenvalue weighted by Crippen LogP contribution is 2.33. The Balaban J connectivity index is 1.49. The van der Waals surface area contributed by atoms with Crippen LogP contribution in [0.15, 0.2) is 48.8 Å². The Bertz CT molecular complexity index is 1280. The van der Waals surface area contributed by atoms with Crippen molar-refractivity contribution < 1.29 is 9.53 Å². The lowest BCUT2D eigenvalue weighted by Gasteiger charge is -2.22. The molecule has 1 fully saturated rings. The molecule has 164 valence electrons. The third-order valence-electron chi connectivity index (χ3n) is 5.61. The molecule has 0 aliphatic carbocycles. The van der Waals surface area contributed by atoms with Gasteiger partial charge in [-0.05, 0) is 56.1 Å². The predicted octanol–water partition coefficient (Wildman–Crippen LogP) is 4.28. The van der Waals surface area contributed by atoms with E-state index < -0.39 is 5.91 Å². The number of benzene rings is 2. The van der Waals surface area contributed by atoms with Gasteiger partial charge in [-0.2, -0.15) is 0 Å². The molecule has 0 unspecified atom stereocenters. The predicted molar refractivity (Wildman–Crippen MR) is 127 cm³/mol. The number of imidazole rings is 1. The SMILES string of the molecule is NC(=O)c1sc(-n2cnc3ccc(OCC4CCNCC4)cc32)nc1-c1cccc(Cl)c1. The number of nitrogens with two attached hydrogens (primary N) is 1. The smallest absolute Gasteiger partial charge is 0.261 e. The van der Waals surface area contributed by atoms with Gasteiger partial charge in [-0.3, -0.25) is 9.36 Å². The van der Waals surface area contributed by atoms with Gasteiger partial charge in [0.2, 0.25) is 0 Å². The lowest BCUT2D eigenvalue weighted by atomic mass is 9.99. The lowest BCUT2D eigenvalue weighted by molar-refractivity contribution is 0.100. The normalized spacial score (nSPS) is 14.7. The summed E-state index contributed by atoms with van der Waals surface area (Å²) in [5.74, 6) is 0.827. The van der Waals surface area contributed by atoms with Crippen molar-refractivity contribution in [2.75, 3.05) is 19.7 Å². The van der Waals surface area contributed by atoms with Crippen molar-refractivity contribution >= 4 is 39.9 Å². The molecular formula is C23H22ClN5O2S. The van der Waals surface area contributed by atoms with E-state index in [4.69, 9.17) is 27.1 Å². The van der Waals surface area contributed by atoms with Gasteiger partial charge in [0, 0.05) is 16.7 Å². The minimum Gasteiger partial charge on any atom is -0.493 e. The highest BCUT2D eigenvalue weighted by atomic mass is 35.5. The van der Waals surface area contributed by atoms with Gasteiger partial charge >= 0.3 is 0 Å². The third-order valence-corrected chi connectivity index (χ3v) is 6.91. The van der Waals surface area contributed by atoms with Crippen LogP contribution in [0.5, 0.6) is 5.75 Å². The second kappa shape index (κ2) is 8.90. The molecule has 3 N–H and O–H groups in total. The van der Waals surface area contributed by atoms with Crippen LogP contribution in [0.3, 0.4) is 0 Å². The molecule has 1 aliphatic heterocycles. The van der Waals surface area contributed by atoms with Crippen molar-refractivity contribution in [2.24, 2.45) is 11.7 Å². The molecule has 32 heavy (non-hydrogen) atoms. The first-order valence-corrected chi connectivity index (χ1v) is 11.7. The number of nitrogens with zero attached hydrogens (tertiary/aromatic N) is 3. The van der Waals surface area contributed by atoms with Crippen LogP contribution in [0.25, 0.3) is 27.4 Å². The first-order valence-electron chi connectivity index (χ1n) is 10.5. The molecule has 7 nitrogen and oxygen atoms in total. The van der Waals surface area contributed by atoms with Gasteiger partial charge in [0.15, 0.2) is 5.13 Å². The van der Waals surface area contributed by atoms with Crippen LogP contribution in [-0.2, 0) is 0 Å². The highest BCUT2D eigenvalue weighted by molar-refractivity contribution is 7.16. The van der Waals surface area contributed by atoms with Crippen LogP contribution in [-0.4, -0.2) is 40.1 Å². The lowest BCUT2D eigenvalue weighted by Crippen LogP contribution is -2.30. The van der Waals surface area contributed by atoms with Crippen molar-refractivity contribution in [1.82, 2.24) is 19.9 Å². The number of fused-ring (bicyclic) bond motifs is 1. The van der Waals surface area contributed by atoms with Gasteiger partial charge in [0.25, 0.3) is 5.91 Å². The summed E-state index contributed by atoms with van der Waals surface area (Å²) in [4.78, 5) is 21.7. The number of rotatable bonds is 6. The fourth-order valence-electron chi connectivity index (χ4n) is 3.90. The summed E-state index contributed by atoms with van der Waals surface area (Å²) in [7, 11) is 0. The molecule has 0 atom stereocenters. The summed E-state index contributed by atoms with van der Waals surface area (Å²) in [5, 5.41) is 4.54. The maximum Gasteiger partial charge on any atom is 0.261 e. The molecule has 4 aromatic rings. The summed E-state index contributed by atoms with van der Waals surface area (Å²) in [6.45, 7) is 2.78. The van der Waals surface area contributed by atoms with E-state index in [9.17, 15) is 4.79 Å². The van der Waals surface area contributed by atoms with Gasteiger partial charge < -0.3 is 15.8 Å². The van der Waals surface area contributed by atoms with Gasteiger partial charge in [-0.25, -0.2) is 9.97 Å². The number of carbonyl (C=O) groups is 1. The zero-order chi connectivity index (χ0) is 22.1. The average molecular weight is 468 g/mol. The molecule has 0 saturated carbocycles. The van der Waals surface area contributed by atoms with Crippen molar-refractivity contribution in [1.29, 1.82) is 0 Å². The number of hydrogen-bond acceptors (Lipinski definition) is 6. The number of ether oxygens (including phenoxy) is 1. The van der Waals surface area contributed by atoms with E-state index in [1.807, 2.05) is 34.9 Å². The van der Waals surface area contributed by atoms with Crippen LogP contribution < -0.4 is 15.8 Å². The molecule has 1 aliphatic rings. The highest BCUT2D eigenvalue weighted by Gasteiger charge is 2.20. The molecule has 5 rings (SSSR count). The van der Waals surface area contributed by atoms with Crippen LogP contribution >= 0.6 is 22.9 Å². The molecule has 2 aromatic carbocycles. The van der Waals surface area contributed by atoms with Gasteiger partial charge in [-0.15, -0.1) is 0 Å². The van der Waals surface area contributed by atoms with Gasteiger partial charge in [0.05, 0.1) is 23.3 Å². The molecule has 0 radical (unpaired) electrons. The fourth-order valence-corrected chi connectivity index (χ4v) is 5.02. The number of nitrogens with one attached hydrogen (secondary N) is 1. The monoisotopic (exact) mass is 467 g/mol. The summed E-state index contributed by atoms with van der Waals surface area (Å²) in [6, 6.07) is 13.1. The number of piperidine rings is 1. The zero-order valence-electron chi connectivity index (χ0n) is 17.3. The van der Waals surface area contributed by atoms with Crippen LogP contribution in [0.2, 0.25) is 5.02 Å². The van der Waals surface area contributed by atoms with E-state index in [0.717, 1.165) is 48.3 Å². The Kier molecular flexibility index (Phi) is 5.82. The van der Waals surface area contributed by atoms with Crippen molar-refractivity contribution in [3.8, 4) is 22.1 Å². The van der Waals surface area contributed by atoms with Gasteiger partial charge in [-0.1, -0.05) is 35.1 Å². The molecule has 1 saturated heterocycles. The summed E-state index contributed by atoms with van der Waals surface area (Å²) in [6.07, 6.45) is 3.95. The summed E-state index contributed by atoms with van der Waals surface area (Å²) in [5.41, 5.74) is 8.58. The maximum atomic E-state index is 12.1. The molecule has 9 heteroatoms. The number of amides is 1. The minimum absolute atomic E-state index is 0.377. The van der Waals surface area contributed by atoms with E-state index in [1.54, 1.807) is 18.5 Å². The minimum atomic E-state index is -0.529. The van der Waals surface area contributed by atoms with Crippen LogP contribution in [0.4, 0.5) is 0 Å². The fraction of sp³-hybridized carbons (Fsp3) is 0.261. The van der Waals surface area contributed by atoms with Crippen molar-refractivity contribution in [3.63, 3.8) is 0 Å². The Hall–Kier alpha value is -2.94. The van der Waals surface area contributed by atoms with E-state index in [0.29, 0.717) is 33.3 Å². The quantitative estimate of drug-likeness (QED) is 0.441. The van der Waals surface area contributed by atoms with E-state index in [1.165, 1.54) is 11.3 Å². The summed E-state index contributed by atoms with van der Waals surface area (Å²) < 4.78 is 7.95. The number of primary amides is 1. The Morgan fingerprint density at radius 1 is 1.25 bits per heavy atom. The number of carbonyl (C=O) groups excluding carboxylic acids is 1. The van der Waals surface area contributed by atoms with E-state index >= 15 is 0 Å². The zero-order valence-corrected chi connectivity index (χ0v) is 18.8. The molecule has 1 amide bonds. The second-order valence-electron chi connectivity index (χ2n) is 7.82. The Labute approximate surface area is 194 Å². The van der Waals surface area contributed by atoms with Gasteiger partial charge in [0.1, 0.15) is 17.0 Å². The molecular weight excluding hydrogens is 446 g/mol. The number of thiazole rings is 1. The standard InChI is InChI=1S/C23H22ClN5O2S/c24-16-3-1-2-15(10-16)20-21(22(25)30)32-23(28-20)29-13-27-18-5-4-17(11-19(18)29)31-12-14-6-8-26-9-7-14/h1-5,10-11,13-14,26H,6-9,12H2,(H2,25,30). The number of halogens is 1. The topological polar surface area (TPSA) is 95.1 Å². The van der Waals surface area contributed by atoms with E-state index in [-0.39, 0.29) is 0 Å². The van der Waals surface area contributed by atoms with Crippen molar-refractivity contribution in [3.05, 3.63) is 58.7 Å². The Morgan fingerprint density at radius 3 is 2.88 bits per heavy atom. The number of hydrogen-bond donors (Lipinski definition) is 2. The van der Waals surface area contributed by atoms with E-state index in [2.05, 4.69) is 10.3 Å².